The fourth-order valence-corrected chi connectivity index (χ4v) is 8.45. The fourth-order valence-electron chi connectivity index (χ4n) is 6.18. The zero-order valence-electron chi connectivity index (χ0n) is 29.8. The van der Waals surface area contributed by atoms with Gasteiger partial charge in [0.05, 0.1) is 29.3 Å². The Morgan fingerprint density at radius 3 is 2.19 bits per heavy atom. The fraction of sp³-hybridized carbons (Fsp3) is 0.238. The largest absolute Gasteiger partial charge is 0.478 e. The molecule has 54 heavy (non-hydrogen) atoms. The van der Waals surface area contributed by atoms with Crippen LogP contribution in [0.3, 0.4) is 0 Å². The van der Waals surface area contributed by atoms with Gasteiger partial charge in [-0.25, -0.2) is 13.2 Å². The van der Waals surface area contributed by atoms with Gasteiger partial charge >= 0.3 is 5.97 Å². The number of nitrogens with one attached hydrogen (secondary N) is 2. The summed E-state index contributed by atoms with van der Waals surface area (Å²) in [6, 6.07) is 35.9. The summed E-state index contributed by atoms with van der Waals surface area (Å²) in [5, 5.41) is 21.8. The number of benzene rings is 5. The van der Waals surface area contributed by atoms with Crippen molar-refractivity contribution in [3.05, 3.63) is 161 Å². The molecule has 5 aromatic rings. The van der Waals surface area contributed by atoms with Crippen molar-refractivity contribution >= 4 is 39.3 Å². The summed E-state index contributed by atoms with van der Waals surface area (Å²) in [4.78, 5) is 26.2. The molecule has 1 aliphatic heterocycles. The highest BCUT2D eigenvalue weighted by Gasteiger charge is 2.38. The highest BCUT2D eigenvalue weighted by atomic mass is 32.2. The van der Waals surface area contributed by atoms with Crippen molar-refractivity contribution in [2.45, 2.75) is 61.2 Å². The number of amides is 1. The molecule has 0 aliphatic carbocycles. The lowest BCUT2D eigenvalue weighted by atomic mass is 9.91. The van der Waals surface area contributed by atoms with Crippen molar-refractivity contribution in [1.82, 2.24) is 4.72 Å². The summed E-state index contributed by atoms with van der Waals surface area (Å²) in [6.45, 7) is 3.85. The van der Waals surface area contributed by atoms with Crippen LogP contribution in [0, 0.1) is 12.8 Å². The molecule has 1 fully saturated rings. The van der Waals surface area contributed by atoms with Gasteiger partial charge in [0.2, 0.25) is 15.9 Å². The minimum absolute atomic E-state index is 0.0623. The Balaban J connectivity index is 1.23. The van der Waals surface area contributed by atoms with Gasteiger partial charge in [-0.1, -0.05) is 91.3 Å². The number of carboxylic acids is 1. The van der Waals surface area contributed by atoms with E-state index in [1.165, 1.54) is 12.1 Å². The summed E-state index contributed by atoms with van der Waals surface area (Å²) in [6.07, 6.45) is -1.36. The monoisotopic (exact) mass is 766 g/mol. The number of hydrogen-bond donors (Lipinski definition) is 4. The van der Waals surface area contributed by atoms with Gasteiger partial charge in [-0.15, -0.1) is 11.8 Å². The summed E-state index contributed by atoms with van der Waals surface area (Å²) in [7, 11) is -4.03. The van der Waals surface area contributed by atoms with Gasteiger partial charge in [-0.2, -0.15) is 4.72 Å². The second-order valence-corrected chi connectivity index (χ2v) is 16.1. The number of carbonyl (C=O) groups excluding carboxylic acids is 1. The van der Waals surface area contributed by atoms with Gasteiger partial charge in [-0.05, 0) is 78.6 Å². The van der Waals surface area contributed by atoms with E-state index in [1.54, 1.807) is 66.4 Å². The van der Waals surface area contributed by atoms with Gasteiger partial charge in [0.25, 0.3) is 0 Å². The number of thioether (sulfide) groups is 1. The van der Waals surface area contributed by atoms with E-state index in [4.69, 9.17) is 9.47 Å². The Hall–Kier alpha value is -4.82. The van der Waals surface area contributed by atoms with E-state index in [9.17, 15) is 28.2 Å². The first-order valence-corrected chi connectivity index (χ1v) is 20.0. The number of hydrogen-bond acceptors (Lipinski definition) is 8. The van der Waals surface area contributed by atoms with E-state index < -0.39 is 34.2 Å². The van der Waals surface area contributed by atoms with Gasteiger partial charge < -0.3 is 25.0 Å². The average molecular weight is 767 g/mol. The molecule has 0 aromatic heterocycles. The molecule has 4 N–H and O–H groups in total. The molecule has 1 heterocycles. The number of ether oxygens (including phenoxy) is 2. The number of aliphatic hydroxyl groups excluding tert-OH is 1. The van der Waals surface area contributed by atoms with Crippen LogP contribution in [0.1, 0.15) is 57.5 Å². The first-order valence-electron chi connectivity index (χ1n) is 17.5. The van der Waals surface area contributed by atoms with Crippen molar-refractivity contribution < 1.29 is 37.7 Å². The molecule has 10 nitrogen and oxygen atoms in total. The van der Waals surface area contributed by atoms with E-state index in [1.807, 2.05) is 67.6 Å². The van der Waals surface area contributed by atoms with Crippen molar-refractivity contribution in [3.8, 4) is 0 Å². The lowest BCUT2D eigenvalue weighted by Gasteiger charge is -2.41. The number of aryl methyl sites for hydroxylation is 1. The Morgan fingerprint density at radius 1 is 0.815 bits per heavy atom. The summed E-state index contributed by atoms with van der Waals surface area (Å²) in [5.41, 5.74) is 4.70. The lowest BCUT2D eigenvalue weighted by molar-refractivity contribution is -0.268. The van der Waals surface area contributed by atoms with Crippen LogP contribution in [0.2, 0.25) is 0 Å². The van der Waals surface area contributed by atoms with Crippen LogP contribution >= 0.6 is 11.8 Å². The van der Waals surface area contributed by atoms with Crippen LogP contribution in [0.15, 0.2) is 137 Å². The molecule has 5 unspecified atom stereocenters. The maximum atomic E-state index is 13.9. The van der Waals surface area contributed by atoms with Gasteiger partial charge in [0.1, 0.15) is 6.04 Å². The number of aliphatic hydroxyl groups is 1. The van der Waals surface area contributed by atoms with Gasteiger partial charge in [-0.3, -0.25) is 4.79 Å². The highest BCUT2D eigenvalue weighted by molar-refractivity contribution is 7.99. The van der Waals surface area contributed by atoms with Crippen LogP contribution in [0.4, 0.5) is 5.69 Å². The van der Waals surface area contributed by atoms with Crippen molar-refractivity contribution in [2.24, 2.45) is 5.92 Å². The third-order valence-electron chi connectivity index (χ3n) is 9.29. The Kier molecular flexibility index (Phi) is 12.6. The minimum atomic E-state index is -4.03. The van der Waals surface area contributed by atoms with E-state index in [0.717, 1.165) is 27.1 Å². The molecule has 0 saturated carbocycles. The maximum absolute atomic E-state index is 13.9. The molecule has 5 aromatic carbocycles. The van der Waals surface area contributed by atoms with Crippen LogP contribution in [-0.4, -0.2) is 48.4 Å². The normalized spacial score (nSPS) is 19.2. The Bertz CT molecular complexity index is 2150. The second kappa shape index (κ2) is 17.5. The van der Waals surface area contributed by atoms with Crippen molar-refractivity contribution in [2.75, 3.05) is 11.1 Å². The SMILES string of the molecule is Cc1ccc(S(=O)(=O)NC(Cc2ccccc2)C(=O)Nc2cccc(C3OC(CSc4ccc(C(=O)O)cc4)C(C)C(c4ccc(CO)cc4)O3)c2)cc1. The van der Waals surface area contributed by atoms with Crippen molar-refractivity contribution in [3.63, 3.8) is 0 Å². The molecule has 12 heteroatoms. The van der Waals surface area contributed by atoms with E-state index in [-0.39, 0.29) is 41.6 Å². The summed E-state index contributed by atoms with van der Waals surface area (Å²) < 4.78 is 42.7. The topological polar surface area (TPSA) is 151 Å². The number of sulfonamides is 1. The third-order valence-corrected chi connectivity index (χ3v) is 11.9. The third kappa shape index (κ3) is 9.83. The molecule has 5 atom stereocenters. The summed E-state index contributed by atoms with van der Waals surface area (Å²) >= 11 is 1.55. The first-order chi connectivity index (χ1) is 26.0. The number of carbonyl (C=O) groups is 2. The Labute approximate surface area is 319 Å². The van der Waals surface area contributed by atoms with Gasteiger partial charge in [0, 0.05) is 27.8 Å². The van der Waals surface area contributed by atoms with Crippen LogP contribution in [0.25, 0.3) is 0 Å². The zero-order valence-corrected chi connectivity index (χ0v) is 31.4. The van der Waals surface area contributed by atoms with Crippen LogP contribution in [-0.2, 0) is 37.3 Å². The molecule has 6 rings (SSSR count). The molecule has 1 amide bonds. The average Bonchev–Trinajstić information content (AvgIpc) is 3.18. The van der Waals surface area contributed by atoms with Gasteiger partial charge in [0.15, 0.2) is 6.29 Å². The standard InChI is InChI=1S/C42H42N2O8S2/c1-27-11-21-36(22-12-27)54(49,50)44-37(23-29-7-4-3-5-8-29)40(46)43-34-10-6-9-33(24-34)42-51-38(26-53-35-19-17-32(18-20-35)41(47)48)28(2)39(52-42)31-15-13-30(25-45)14-16-31/h3-22,24,28,37-39,42,44-45H,23,25-26H2,1-2H3,(H,43,46)(H,47,48). The predicted octanol–water partition coefficient (Wildman–Crippen LogP) is 7.30. The molecular weight excluding hydrogens is 725 g/mol. The van der Waals surface area contributed by atoms with Crippen LogP contribution < -0.4 is 10.0 Å². The zero-order chi connectivity index (χ0) is 38.2. The highest BCUT2D eigenvalue weighted by Crippen LogP contribution is 2.43. The van der Waals surface area contributed by atoms with Crippen LogP contribution in [0.5, 0.6) is 0 Å². The number of rotatable bonds is 14. The van der Waals surface area contributed by atoms with E-state index in [2.05, 4.69) is 17.0 Å². The number of anilines is 1. The molecule has 0 spiro atoms. The molecule has 0 radical (unpaired) electrons. The van der Waals surface area contributed by atoms with E-state index >= 15 is 0 Å². The predicted molar refractivity (Wildman–Crippen MR) is 208 cm³/mol. The number of aromatic carboxylic acids is 1. The molecule has 280 valence electrons. The first kappa shape index (κ1) is 38.9. The maximum Gasteiger partial charge on any atom is 0.335 e. The Morgan fingerprint density at radius 2 is 1.52 bits per heavy atom. The molecular formula is C42H42N2O8S2. The van der Waals surface area contributed by atoms with E-state index in [0.29, 0.717) is 17.0 Å². The summed E-state index contributed by atoms with van der Waals surface area (Å²) in [5.74, 6) is -1.05. The minimum Gasteiger partial charge on any atom is -0.478 e. The molecule has 0 bridgehead atoms. The number of carboxylic acid groups (broad SMARTS) is 1. The second-order valence-electron chi connectivity index (χ2n) is 13.3. The smallest absolute Gasteiger partial charge is 0.335 e. The van der Waals surface area contributed by atoms with Crippen molar-refractivity contribution in [1.29, 1.82) is 0 Å². The molecule has 1 saturated heterocycles. The quantitative estimate of drug-likeness (QED) is 0.0854. The molecule has 1 aliphatic rings. The lowest BCUT2D eigenvalue weighted by Crippen LogP contribution is -2.45.